The number of hydrogen-bond acceptors (Lipinski definition) is 4. The highest BCUT2D eigenvalue weighted by Gasteiger charge is 2.36. The monoisotopic (exact) mass is 414 g/mol. The van der Waals surface area contributed by atoms with Gasteiger partial charge in [-0.15, -0.1) is 0 Å². The molecule has 10 heteroatoms. The zero-order chi connectivity index (χ0) is 21.1. The molecule has 0 fully saturated rings. The number of aliphatic hydroxyl groups is 1. The summed E-state index contributed by atoms with van der Waals surface area (Å²) in [6.07, 6.45) is -4.81. The van der Waals surface area contributed by atoms with Crippen molar-refractivity contribution in [3.8, 4) is 6.07 Å². The zero-order valence-electron chi connectivity index (χ0n) is 14.4. The molecule has 28 heavy (non-hydrogen) atoms. The average Bonchev–Trinajstić information content (AvgIpc) is 2.60. The van der Waals surface area contributed by atoms with Crippen molar-refractivity contribution in [2.24, 2.45) is 0 Å². The second kappa shape index (κ2) is 8.08. The van der Waals surface area contributed by atoms with Gasteiger partial charge in [-0.25, -0.2) is 4.39 Å². The molecule has 0 aliphatic carbocycles. The molecule has 0 radical (unpaired) electrons. The van der Waals surface area contributed by atoms with Gasteiger partial charge in [0, 0.05) is 10.6 Å². The van der Waals surface area contributed by atoms with Crippen LogP contribution in [0.2, 0.25) is 0 Å². The molecule has 1 unspecified atom stereocenters. The molecule has 2 aromatic carbocycles. The number of carbonyl (C=O) groups excluding carboxylic acids is 1. The van der Waals surface area contributed by atoms with Crippen LogP contribution in [-0.2, 0) is 21.8 Å². The van der Waals surface area contributed by atoms with Gasteiger partial charge in [-0.3, -0.25) is 9.00 Å². The van der Waals surface area contributed by atoms with Gasteiger partial charge >= 0.3 is 6.18 Å². The summed E-state index contributed by atoms with van der Waals surface area (Å²) in [6.45, 7) is 1.04. The first-order chi connectivity index (χ1) is 12.9. The van der Waals surface area contributed by atoms with Gasteiger partial charge in [0.2, 0.25) is 0 Å². The lowest BCUT2D eigenvalue weighted by Crippen LogP contribution is -2.44. The molecule has 0 saturated carbocycles. The number of benzene rings is 2. The van der Waals surface area contributed by atoms with Crippen LogP contribution in [0.3, 0.4) is 0 Å². The van der Waals surface area contributed by atoms with Crippen molar-refractivity contribution in [1.29, 1.82) is 5.26 Å². The minimum atomic E-state index is -4.81. The fourth-order valence-electron chi connectivity index (χ4n) is 2.23. The Balaban J connectivity index is 2.19. The molecular formula is C18H14F4N2O3S. The third-order valence-electron chi connectivity index (χ3n) is 3.66. The van der Waals surface area contributed by atoms with Crippen LogP contribution in [0.1, 0.15) is 18.1 Å². The minimum absolute atomic E-state index is 0.0470. The number of halogens is 4. The van der Waals surface area contributed by atoms with E-state index in [2.05, 4.69) is 5.32 Å². The smallest absolute Gasteiger partial charge is 0.379 e. The van der Waals surface area contributed by atoms with Crippen LogP contribution in [0.15, 0.2) is 47.4 Å². The molecule has 1 amide bonds. The van der Waals surface area contributed by atoms with Gasteiger partial charge in [0.25, 0.3) is 5.91 Å². The summed E-state index contributed by atoms with van der Waals surface area (Å²) in [5.74, 6) is -2.35. The fraction of sp³-hybridized carbons (Fsp3) is 0.222. The van der Waals surface area contributed by atoms with Gasteiger partial charge in [0.05, 0.1) is 33.7 Å². The van der Waals surface area contributed by atoms with Gasteiger partial charge in [-0.05, 0) is 43.3 Å². The zero-order valence-corrected chi connectivity index (χ0v) is 15.2. The van der Waals surface area contributed by atoms with E-state index in [-0.39, 0.29) is 10.6 Å². The Bertz CT molecular complexity index is 968. The van der Waals surface area contributed by atoms with Crippen molar-refractivity contribution in [3.63, 3.8) is 0 Å². The molecule has 2 aromatic rings. The summed E-state index contributed by atoms with van der Waals surface area (Å²) < 4.78 is 64.5. The highest BCUT2D eigenvalue weighted by Crippen LogP contribution is 2.33. The maximum Gasteiger partial charge on any atom is 0.417 e. The fourth-order valence-corrected chi connectivity index (χ4v) is 3.52. The lowest BCUT2D eigenvalue weighted by atomic mass is 10.1. The van der Waals surface area contributed by atoms with Crippen LogP contribution in [-0.4, -0.2) is 26.6 Å². The normalized spacial score (nSPS) is 14.6. The van der Waals surface area contributed by atoms with Crippen molar-refractivity contribution < 1.29 is 31.7 Å². The predicted octanol–water partition coefficient (Wildman–Crippen LogP) is 3.21. The van der Waals surface area contributed by atoms with Crippen LogP contribution in [0.25, 0.3) is 0 Å². The summed E-state index contributed by atoms with van der Waals surface area (Å²) in [7, 11) is -1.94. The molecule has 0 bridgehead atoms. The number of nitriles is 1. The van der Waals surface area contributed by atoms with E-state index < -0.39 is 51.2 Å². The Morgan fingerprint density at radius 3 is 2.50 bits per heavy atom. The molecule has 0 spiro atoms. The maximum atomic E-state index is 13.2. The van der Waals surface area contributed by atoms with Gasteiger partial charge < -0.3 is 10.4 Å². The van der Waals surface area contributed by atoms with Crippen molar-refractivity contribution in [1.82, 2.24) is 0 Å². The number of hydrogen-bond donors (Lipinski definition) is 2. The molecule has 0 heterocycles. The number of anilines is 1. The predicted molar refractivity (Wildman–Crippen MR) is 93.1 cm³/mol. The first-order valence-electron chi connectivity index (χ1n) is 7.73. The second-order valence-electron chi connectivity index (χ2n) is 6.05. The number of rotatable bonds is 5. The van der Waals surface area contributed by atoms with E-state index in [1.54, 1.807) is 0 Å². The molecule has 148 valence electrons. The largest absolute Gasteiger partial charge is 0.417 e. The lowest BCUT2D eigenvalue weighted by molar-refractivity contribution is -0.137. The molecule has 0 aliphatic rings. The van der Waals surface area contributed by atoms with Crippen LogP contribution in [0.5, 0.6) is 0 Å². The molecule has 0 aromatic heterocycles. The number of carbonyl (C=O) groups is 1. The van der Waals surface area contributed by atoms with Gasteiger partial charge in [0.15, 0.2) is 5.60 Å². The SMILES string of the molecule is C[C@](O)(CS(=O)c1cccc(F)c1)C(=O)Nc1ccc(C#N)c(C(F)(F)F)c1. The molecule has 2 N–H and O–H groups in total. The van der Waals surface area contributed by atoms with E-state index in [1.807, 2.05) is 0 Å². The molecule has 5 nitrogen and oxygen atoms in total. The summed E-state index contributed by atoms with van der Waals surface area (Å²) in [6, 6.07) is 8.72. The van der Waals surface area contributed by atoms with E-state index >= 15 is 0 Å². The van der Waals surface area contributed by atoms with Gasteiger partial charge in [-0.1, -0.05) is 6.07 Å². The van der Waals surface area contributed by atoms with Crippen LogP contribution in [0.4, 0.5) is 23.2 Å². The Morgan fingerprint density at radius 2 is 1.93 bits per heavy atom. The van der Waals surface area contributed by atoms with E-state index in [0.29, 0.717) is 6.07 Å². The van der Waals surface area contributed by atoms with E-state index in [1.165, 1.54) is 18.2 Å². The number of alkyl halides is 3. The first-order valence-corrected chi connectivity index (χ1v) is 9.05. The van der Waals surface area contributed by atoms with Crippen LogP contribution >= 0.6 is 0 Å². The van der Waals surface area contributed by atoms with Crippen molar-refractivity contribution in [2.75, 3.05) is 11.1 Å². The topological polar surface area (TPSA) is 90.2 Å². The average molecular weight is 414 g/mol. The lowest BCUT2D eigenvalue weighted by Gasteiger charge is -2.22. The standard InChI is InChI=1S/C18H14F4N2O3S/c1-17(26,10-28(27)14-4-2-3-12(19)7-14)16(25)24-13-6-5-11(9-23)15(8-13)18(20,21)22/h2-8,26H,10H2,1H3,(H,24,25)/t17-,28?/m0/s1. The Kier molecular flexibility index (Phi) is 6.21. The van der Waals surface area contributed by atoms with E-state index in [9.17, 15) is 31.7 Å². The maximum absolute atomic E-state index is 13.2. The Morgan fingerprint density at radius 1 is 1.25 bits per heavy atom. The molecule has 0 saturated heterocycles. The Hall–Kier alpha value is -2.77. The summed E-state index contributed by atoms with van der Waals surface area (Å²) in [4.78, 5) is 12.3. The second-order valence-corrected chi connectivity index (χ2v) is 7.50. The molecule has 2 atom stereocenters. The highest BCUT2D eigenvalue weighted by molar-refractivity contribution is 7.85. The summed E-state index contributed by atoms with van der Waals surface area (Å²) in [5.41, 5.74) is -4.38. The van der Waals surface area contributed by atoms with E-state index in [0.717, 1.165) is 31.2 Å². The Labute approximate surface area is 160 Å². The summed E-state index contributed by atoms with van der Waals surface area (Å²) in [5, 5.41) is 21.2. The summed E-state index contributed by atoms with van der Waals surface area (Å²) >= 11 is 0. The van der Waals surface area contributed by atoms with Crippen LogP contribution in [0, 0.1) is 17.1 Å². The third-order valence-corrected chi connectivity index (χ3v) is 5.27. The van der Waals surface area contributed by atoms with Crippen LogP contribution < -0.4 is 5.32 Å². The number of amides is 1. The molecule has 0 aliphatic heterocycles. The first kappa shape index (κ1) is 21.5. The van der Waals surface area contributed by atoms with Crippen molar-refractivity contribution >= 4 is 22.4 Å². The van der Waals surface area contributed by atoms with Crippen molar-refractivity contribution in [2.45, 2.75) is 23.6 Å². The van der Waals surface area contributed by atoms with E-state index in [4.69, 9.17) is 5.26 Å². The quantitative estimate of drug-likeness (QED) is 0.736. The third kappa shape index (κ3) is 5.15. The highest BCUT2D eigenvalue weighted by atomic mass is 32.2. The van der Waals surface area contributed by atoms with Gasteiger partial charge in [0.1, 0.15) is 5.82 Å². The molecule has 2 rings (SSSR count). The number of nitrogens with one attached hydrogen (secondary N) is 1. The minimum Gasteiger partial charge on any atom is -0.379 e. The van der Waals surface area contributed by atoms with Crippen molar-refractivity contribution in [3.05, 3.63) is 59.4 Å². The van der Waals surface area contributed by atoms with Gasteiger partial charge in [-0.2, -0.15) is 18.4 Å². The molecular weight excluding hydrogens is 400 g/mol. The number of nitrogens with zero attached hydrogens (tertiary/aromatic N) is 1.